The highest BCUT2D eigenvalue weighted by atomic mass is 32.2. The quantitative estimate of drug-likeness (QED) is 0.295. The first-order valence-corrected chi connectivity index (χ1v) is 15.4. The summed E-state index contributed by atoms with van der Waals surface area (Å²) in [6.07, 6.45) is 3.95. The number of ether oxygens (including phenoxy) is 2. The highest BCUT2D eigenvalue weighted by Crippen LogP contribution is 2.69. The predicted molar refractivity (Wildman–Crippen MR) is 157 cm³/mol. The minimum Gasteiger partial charge on any atom is -0.461 e. The Labute approximate surface area is 246 Å². The van der Waals surface area contributed by atoms with Crippen molar-refractivity contribution in [1.29, 1.82) is 0 Å². The highest BCUT2D eigenvalue weighted by Gasteiger charge is 2.77. The molecule has 5 rings (SSSR count). The number of carbonyl (C=O) groups excluding carboxylic acids is 3. The van der Waals surface area contributed by atoms with Crippen LogP contribution in [0.25, 0.3) is 0 Å². The van der Waals surface area contributed by atoms with E-state index in [4.69, 9.17) is 9.47 Å². The van der Waals surface area contributed by atoms with Crippen molar-refractivity contribution >= 4 is 29.5 Å². The Morgan fingerprint density at radius 1 is 1.24 bits per heavy atom. The van der Waals surface area contributed by atoms with Gasteiger partial charge in [0.25, 0.3) is 0 Å². The van der Waals surface area contributed by atoms with E-state index >= 15 is 0 Å². The normalized spacial score (nSPS) is 31.5. The summed E-state index contributed by atoms with van der Waals surface area (Å²) in [5.74, 6) is -2.20. The molecule has 2 amide bonds. The van der Waals surface area contributed by atoms with Gasteiger partial charge in [-0.1, -0.05) is 56.0 Å². The largest absolute Gasteiger partial charge is 0.461 e. The van der Waals surface area contributed by atoms with E-state index in [0.717, 1.165) is 18.7 Å². The van der Waals surface area contributed by atoms with Gasteiger partial charge in [-0.05, 0) is 17.9 Å². The van der Waals surface area contributed by atoms with Crippen LogP contribution in [0.3, 0.4) is 0 Å². The predicted octanol–water partition coefficient (Wildman–Crippen LogP) is 2.13. The SMILES string of the molecule is C=CCOC(=O)[C@@H]1[C@@H]2CC(C)C3(S2)C(C(=O)N(CC=C)CCN2CCOCC2)N([C@H](CO)c2ccccc2)C(=O)[C@H]13. The van der Waals surface area contributed by atoms with E-state index in [2.05, 4.69) is 25.0 Å². The summed E-state index contributed by atoms with van der Waals surface area (Å²) in [4.78, 5) is 48.3. The molecule has 222 valence electrons. The van der Waals surface area contributed by atoms with Crippen molar-refractivity contribution in [2.75, 3.05) is 59.2 Å². The number of aliphatic hydroxyl groups is 1. The van der Waals surface area contributed by atoms with Gasteiger partial charge < -0.3 is 24.4 Å². The van der Waals surface area contributed by atoms with Crippen LogP contribution in [0.1, 0.15) is 24.9 Å². The first-order chi connectivity index (χ1) is 19.9. The lowest BCUT2D eigenvalue weighted by Crippen LogP contribution is -2.58. The molecule has 10 heteroatoms. The van der Waals surface area contributed by atoms with E-state index in [0.29, 0.717) is 39.3 Å². The molecule has 7 atom stereocenters. The summed E-state index contributed by atoms with van der Waals surface area (Å²) in [7, 11) is 0. The molecular weight excluding hydrogens is 542 g/mol. The highest BCUT2D eigenvalue weighted by molar-refractivity contribution is 8.02. The first-order valence-electron chi connectivity index (χ1n) is 14.5. The van der Waals surface area contributed by atoms with Gasteiger partial charge in [0.15, 0.2) is 0 Å². The Hall–Kier alpha value is -2.66. The molecular formula is C31H41N3O6S. The number of benzene rings is 1. The molecule has 2 bridgehead atoms. The van der Waals surface area contributed by atoms with Crippen molar-refractivity contribution in [3.63, 3.8) is 0 Å². The van der Waals surface area contributed by atoms with E-state index in [1.54, 1.807) is 27.6 Å². The molecule has 41 heavy (non-hydrogen) atoms. The van der Waals surface area contributed by atoms with E-state index in [-0.39, 0.29) is 36.2 Å². The zero-order valence-electron chi connectivity index (χ0n) is 23.7. The van der Waals surface area contributed by atoms with E-state index in [9.17, 15) is 19.5 Å². The molecule has 0 radical (unpaired) electrons. The Balaban J connectivity index is 1.55. The Morgan fingerprint density at radius 2 is 1.98 bits per heavy atom. The molecule has 4 aliphatic heterocycles. The maximum atomic E-state index is 14.8. The molecule has 4 fully saturated rings. The van der Waals surface area contributed by atoms with Crippen LogP contribution in [0, 0.1) is 17.8 Å². The maximum Gasteiger partial charge on any atom is 0.311 e. The zero-order chi connectivity index (χ0) is 29.1. The smallest absolute Gasteiger partial charge is 0.311 e. The maximum absolute atomic E-state index is 14.8. The monoisotopic (exact) mass is 583 g/mol. The van der Waals surface area contributed by atoms with Gasteiger partial charge in [0.1, 0.15) is 12.6 Å². The topological polar surface area (TPSA) is 99.6 Å². The molecule has 1 aromatic rings. The zero-order valence-corrected chi connectivity index (χ0v) is 24.5. The van der Waals surface area contributed by atoms with Crippen LogP contribution in [0.4, 0.5) is 0 Å². The number of nitrogens with zero attached hydrogens (tertiary/aromatic N) is 3. The number of fused-ring (bicyclic) bond motifs is 1. The van der Waals surface area contributed by atoms with E-state index in [1.165, 1.54) is 6.08 Å². The van der Waals surface area contributed by atoms with Gasteiger partial charge in [-0.25, -0.2) is 0 Å². The number of hydrogen-bond acceptors (Lipinski definition) is 8. The first kappa shape index (κ1) is 29.8. The lowest BCUT2D eigenvalue weighted by molar-refractivity contribution is -0.154. The molecule has 4 aliphatic rings. The summed E-state index contributed by atoms with van der Waals surface area (Å²) in [5, 5.41) is 10.6. The third-order valence-electron chi connectivity index (χ3n) is 9.18. The molecule has 0 saturated carbocycles. The molecule has 1 aromatic carbocycles. The molecule has 9 nitrogen and oxygen atoms in total. The van der Waals surface area contributed by atoms with Gasteiger partial charge in [0.05, 0.1) is 42.4 Å². The van der Waals surface area contributed by atoms with Crippen LogP contribution in [-0.4, -0.2) is 113 Å². The summed E-state index contributed by atoms with van der Waals surface area (Å²) < 4.78 is 10.2. The summed E-state index contributed by atoms with van der Waals surface area (Å²) in [5.41, 5.74) is 0.749. The van der Waals surface area contributed by atoms with E-state index < -0.39 is 34.6 Å². The number of carbonyl (C=O) groups is 3. The molecule has 4 saturated heterocycles. The number of likely N-dealkylation sites (tertiary alicyclic amines) is 1. The number of aliphatic hydroxyl groups excluding tert-OH is 1. The number of esters is 1. The van der Waals surface area contributed by atoms with Crippen LogP contribution in [0.15, 0.2) is 55.6 Å². The summed E-state index contributed by atoms with van der Waals surface area (Å²) in [6.45, 7) is 13.8. The van der Waals surface area contributed by atoms with Crippen molar-refractivity contribution in [3.05, 3.63) is 61.2 Å². The van der Waals surface area contributed by atoms with Crippen molar-refractivity contribution in [1.82, 2.24) is 14.7 Å². The van der Waals surface area contributed by atoms with Crippen LogP contribution < -0.4 is 0 Å². The lowest BCUT2D eigenvalue weighted by atomic mass is 9.66. The third kappa shape index (κ3) is 5.24. The summed E-state index contributed by atoms with van der Waals surface area (Å²) >= 11 is 1.61. The summed E-state index contributed by atoms with van der Waals surface area (Å²) in [6, 6.07) is 7.76. The Morgan fingerprint density at radius 3 is 2.63 bits per heavy atom. The Bertz CT molecular complexity index is 1140. The van der Waals surface area contributed by atoms with Crippen LogP contribution in [-0.2, 0) is 23.9 Å². The van der Waals surface area contributed by atoms with E-state index in [1.807, 2.05) is 30.3 Å². The van der Waals surface area contributed by atoms with Gasteiger partial charge in [-0.2, -0.15) is 0 Å². The second-order valence-corrected chi connectivity index (χ2v) is 12.9. The second kappa shape index (κ2) is 12.7. The molecule has 0 aromatic heterocycles. The number of morpholine rings is 1. The molecule has 1 spiro atoms. The minimum atomic E-state index is -0.843. The van der Waals surface area contributed by atoms with Gasteiger partial charge in [-0.3, -0.25) is 19.3 Å². The molecule has 4 heterocycles. The fourth-order valence-corrected chi connectivity index (χ4v) is 9.71. The van der Waals surface area contributed by atoms with Crippen LogP contribution >= 0.6 is 11.8 Å². The second-order valence-electron chi connectivity index (χ2n) is 11.4. The lowest BCUT2D eigenvalue weighted by Gasteiger charge is -2.42. The average Bonchev–Trinajstić information content (AvgIpc) is 3.59. The molecule has 1 N–H and O–H groups in total. The van der Waals surface area contributed by atoms with Gasteiger partial charge >= 0.3 is 5.97 Å². The minimum absolute atomic E-state index is 0.00814. The standard InChI is InChI=1S/C31H41N3O6S/c1-4-11-33(13-12-32-14-17-39-18-15-32)29(37)27-31-21(3)19-24(41-31)25(30(38)40-16-5-2)26(31)28(36)34(27)23(20-35)22-9-7-6-8-10-22/h4-10,21,23-27,35H,1-2,11-20H2,3H3/t21?,23-,24+,25-,26+,27?,31?/m1/s1. The number of thioether (sulfide) groups is 1. The fourth-order valence-electron chi connectivity index (χ4n) is 7.32. The van der Waals surface area contributed by atoms with Crippen molar-refractivity contribution in [2.45, 2.75) is 35.4 Å². The van der Waals surface area contributed by atoms with Crippen molar-refractivity contribution in [3.8, 4) is 0 Å². The fraction of sp³-hybridized carbons (Fsp3) is 0.581. The van der Waals surface area contributed by atoms with Gasteiger partial charge in [-0.15, -0.1) is 18.3 Å². The number of amides is 2. The van der Waals surface area contributed by atoms with Gasteiger partial charge in [0.2, 0.25) is 11.8 Å². The van der Waals surface area contributed by atoms with Crippen LogP contribution in [0.5, 0.6) is 0 Å². The van der Waals surface area contributed by atoms with Crippen molar-refractivity contribution < 1.29 is 29.0 Å². The Kier molecular flexibility index (Phi) is 9.23. The number of hydrogen-bond donors (Lipinski definition) is 1. The van der Waals surface area contributed by atoms with Gasteiger partial charge in [0, 0.05) is 38.0 Å². The molecule has 0 aliphatic carbocycles. The number of rotatable bonds is 12. The average molecular weight is 584 g/mol. The van der Waals surface area contributed by atoms with Crippen LogP contribution in [0.2, 0.25) is 0 Å². The van der Waals surface area contributed by atoms with Crippen molar-refractivity contribution in [2.24, 2.45) is 17.8 Å². The molecule has 3 unspecified atom stereocenters. The third-order valence-corrected chi connectivity index (χ3v) is 11.3.